The summed E-state index contributed by atoms with van der Waals surface area (Å²) in [6.07, 6.45) is 2.49. The molecule has 1 aromatic heterocycles. The first-order valence-electron chi connectivity index (χ1n) is 10.9. The van der Waals surface area contributed by atoms with Crippen LogP contribution in [0.15, 0.2) is 66.9 Å². The van der Waals surface area contributed by atoms with Gasteiger partial charge in [-0.2, -0.15) is 0 Å². The monoisotopic (exact) mass is 463 g/mol. The van der Waals surface area contributed by atoms with Gasteiger partial charge >= 0.3 is 6.03 Å². The molecule has 0 radical (unpaired) electrons. The lowest BCUT2D eigenvalue weighted by Gasteiger charge is -2.23. The molecule has 170 valence electrons. The predicted octanol–water partition coefficient (Wildman–Crippen LogP) is 5.04. The SMILES string of the molecule is Cc1ccccc1C(=O)N1CCCN(c2ccc(NC(=O)Nc3ccccc3Cl)cn2)CC1. The number of nitrogens with zero attached hydrogens (tertiary/aromatic N) is 3. The minimum atomic E-state index is -0.391. The molecule has 0 bridgehead atoms. The van der Waals surface area contributed by atoms with E-state index in [-0.39, 0.29) is 5.91 Å². The Morgan fingerprint density at radius 2 is 1.70 bits per heavy atom. The molecule has 7 nitrogen and oxygen atoms in total. The summed E-state index contributed by atoms with van der Waals surface area (Å²) in [4.78, 5) is 33.8. The zero-order valence-electron chi connectivity index (χ0n) is 18.4. The van der Waals surface area contributed by atoms with E-state index in [1.165, 1.54) is 0 Å². The van der Waals surface area contributed by atoms with Gasteiger partial charge in [0, 0.05) is 31.7 Å². The molecule has 4 rings (SSSR count). The van der Waals surface area contributed by atoms with Crippen molar-refractivity contribution < 1.29 is 9.59 Å². The molecule has 2 N–H and O–H groups in total. The van der Waals surface area contributed by atoms with Crippen LogP contribution in [0.3, 0.4) is 0 Å². The molecular weight excluding hydrogens is 438 g/mol. The fraction of sp³-hybridized carbons (Fsp3) is 0.240. The number of amides is 3. The number of halogens is 1. The molecule has 1 saturated heterocycles. The first-order chi connectivity index (χ1) is 16.0. The van der Waals surface area contributed by atoms with E-state index in [4.69, 9.17) is 11.6 Å². The third kappa shape index (κ3) is 5.62. The highest BCUT2D eigenvalue weighted by atomic mass is 35.5. The molecule has 3 aromatic rings. The molecule has 0 atom stereocenters. The van der Waals surface area contributed by atoms with Gasteiger partial charge in [-0.15, -0.1) is 0 Å². The molecular formula is C25H26ClN5O2. The van der Waals surface area contributed by atoms with Crippen molar-refractivity contribution in [3.8, 4) is 0 Å². The van der Waals surface area contributed by atoms with Gasteiger partial charge in [-0.1, -0.05) is 41.9 Å². The highest BCUT2D eigenvalue weighted by Gasteiger charge is 2.22. The summed E-state index contributed by atoms with van der Waals surface area (Å²) in [5.41, 5.74) is 2.87. The van der Waals surface area contributed by atoms with Crippen molar-refractivity contribution in [3.63, 3.8) is 0 Å². The molecule has 1 aliphatic heterocycles. The lowest BCUT2D eigenvalue weighted by atomic mass is 10.1. The Balaban J connectivity index is 1.34. The highest BCUT2D eigenvalue weighted by molar-refractivity contribution is 6.33. The maximum Gasteiger partial charge on any atom is 0.323 e. The first kappa shape index (κ1) is 22.6. The van der Waals surface area contributed by atoms with Crippen LogP contribution in [0, 0.1) is 6.92 Å². The van der Waals surface area contributed by atoms with E-state index in [2.05, 4.69) is 20.5 Å². The molecule has 1 fully saturated rings. The third-order valence-electron chi connectivity index (χ3n) is 5.61. The number of anilines is 3. The lowest BCUT2D eigenvalue weighted by Crippen LogP contribution is -2.35. The minimum Gasteiger partial charge on any atom is -0.355 e. The van der Waals surface area contributed by atoms with Crippen LogP contribution in [0.4, 0.5) is 22.0 Å². The number of carbonyl (C=O) groups is 2. The zero-order chi connectivity index (χ0) is 23.2. The lowest BCUT2D eigenvalue weighted by molar-refractivity contribution is 0.0766. The topological polar surface area (TPSA) is 77.6 Å². The Kier molecular flexibility index (Phi) is 7.10. The molecule has 3 amide bonds. The minimum absolute atomic E-state index is 0.0759. The molecule has 0 spiro atoms. The van der Waals surface area contributed by atoms with Gasteiger partial charge in [0.25, 0.3) is 5.91 Å². The van der Waals surface area contributed by atoms with Crippen LogP contribution in [0.25, 0.3) is 0 Å². The van der Waals surface area contributed by atoms with Crippen LogP contribution >= 0.6 is 11.6 Å². The smallest absolute Gasteiger partial charge is 0.323 e. The van der Waals surface area contributed by atoms with Crippen LogP contribution in [0.2, 0.25) is 5.02 Å². The summed E-state index contributed by atoms with van der Waals surface area (Å²) in [5, 5.41) is 5.95. The van der Waals surface area contributed by atoms with Gasteiger partial charge in [-0.05, 0) is 49.2 Å². The van der Waals surface area contributed by atoms with Gasteiger partial charge in [0.1, 0.15) is 5.82 Å². The number of nitrogens with one attached hydrogen (secondary N) is 2. The van der Waals surface area contributed by atoms with Crippen LogP contribution < -0.4 is 15.5 Å². The number of aryl methyl sites for hydroxylation is 1. The van der Waals surface area contributed by atoms with E-state index in [9.17, 15) is 9.59 Å². The molecule has 33 heavy (non-hydrogen) atoms. The molecule has 8 heteroatoms. The second kappa shape index (κ2) is 10.4. The van der Waals surface area contributed by atoms with Gasteiger partial charge in [0.15, 0.2) is 0 Å². The number of hydrogen-bond acceptors (Lipinski definition) is 4. The van der Waals surface area contributed by atoms with Gasteiger partial charge in [-0.3, -0.25) is 4.79 Å². The highest BCUT2D eigenvalue weighted by Crippen LogP contribution is 2.21. The number of rotatable bonds is 4. The second-order valence-electron chi connectivity index (χ2n) is 7.91. The van der Waals surface area contributed by atoms with E-state index in [1.807, 2.05) is 48.2 Å². The average molecular weight is 464 g/mol. The van der Waals surface area contributed by atoms with Gasteiger partial charge in [-0.25, -0.2) is 9.78 Å². The van der Waals surface area contributed by atoms with E-state index in [1.54, 1.807) is 30.5 Å². The fourth-order valence-electron chi connectivity index (χ4n) is 3.83. The number of urea groups is 1. The molecule has 0 unspecified atom stereocenters. The number of aromatic nitrogens is 1. The molecule has 0 saturated carbocycles. The Bertz CT molecular complexity index is 1140. The largest absolute Gasteiger partial charge is 0.355 e. The molecule has 2 aromatic carbocycles. The number of carbonyl (C=O) groups excluding carboxylic acids is 2. The van der Waals surface area contributed by atoms with Crippen molar-refractivity contribution in [2.24, 2.45) is 0 Å². The Morgan fingerprint density at radius 1 is 0.909 bits per heavy atom. The second-order valence-corrected chi connectivity index (χ2v) is 8.32. The quantitative estimate of drug-likeness (QED) is 0.568. The van der Waals surface area contributed by atoms with Gasteiger partial charge in [0.2, 0.25) is 0 Å². The Labute approximate surface area is 198 Å². The Morgan fingerprint density at radius 3 is 2.45 bits per heavy atom. The van der Waals surface area contributed by atoms with Crippen LogP contribution in [-0.4, -0.2) is 48.0 Å². The van der Waals surface area contributed by atoms with Crippen molar-refractivity contribution in [2.75, 3.05) is 41.7 Å². The molecule has 1 aliphatic rings. The average Bonchev–Trinajstić information content (AvgIpc) is 3.07. The van der Waals surface area contributed by atoms with E-state index < -0.39 is 6.03 Å². The summed E-state index contributed by atoms with van der Waals surface area (Å²) >= 11 is 6.08. The number of para-hydroxylation sites is 1. The summed E-state index contributed by atoms with van der Waals surface area (Å²) in [7, 11) is 0. The predicted molar refractivity (Wildman–Crippen MR) is 132 cm³/mol. The molecule has 0 aliphatic carbocycles. The summed E-state index contributed by atoms with van der Waals surface area (Å²) in [6, 6.07) is 18.0. The number of benzene rings is 2. The standard InChI is InChI=1S/C25H26ClN5O2/c1-18-7-2-3-8-20(18)24(32)31-14-6-13-30(15-16-31)23-12-11-19(17-27-23)28-25(33)29-22-10-5-4-9-21(22)26/h2-5,7-12,17H,6,13-16H2,1H3,(H2,28,29,33). The zero-order valence-corrected chi connectivity index (χ0v) is 19.2. The maximum atomic E-state index is 13.0. The third-order valence-corrected chi connectivity index (χ3v) is 5.94. The maximum absolute atomic E-state index is 13.0. The summed E-state index contributed by atoms with van der Waals surface area (Å²) in [6.45, 7) is 4.82. The van der Waals surface area contributed by atoms with Crippen molar-refractivity contribution in [1.29, 1.82) is 0 Å². The van der Waals surface area contributed by atoms with Crippen LogP contribution in [-0.2, 0) is 0 Å². The summed E-state index contributed by atoms with van der Waals surface area (Å²) in [5.74, 6) is 0.893. The summed E-state index contributed by atoms with van der Waals surface area (Å²) < 4.78 is 0. The van der Waals surface area contributed by atoms with E-state index >= 15 is 0 Å². The van der Waals surface area contributed by atoms with Gasteiger partial charge in [0.05, 0.1) is 22.6 Å². The van der Waals surface area contributed by atoms with Crippen molar-refractivity contribution in [1.82, 2.24) is 9.88 Å². The first-order valence-corrected chi connectivity index (χ1v) is 11.3. The van der Waals surface area contributed by atoms with E-state index in [0.717, 1.165) is 29.9 Å². The van der Waals surface area contributed by atoms with Crippen molar-refractivity contribution in [3.05, 3.63) is 83.0 Å². The van der Waals surface area contributed by atoms with Crippen molar-refractivity contribution >= 4 is 40.7 Å². The fourth-order valence-corrected chi connectivity index (χ4v) is 4.01. The normalized spacial score (nSPS) is 13.9. The van der Waals surface area contributed by atoms with E-state index in [0.29, 0.717) is 36.0 Å². The van der Waals surface area contributed by atoms with Crippen LogP contribution in [0.1, 0.15) is 22.3 Å². The van der Waals surface area contributed by atoms with Crippen molar-refractivity contribution in [2.45, 2.75) is 13.3 Å². The van der Waals surface area contributed by atoms with Gasteiger partial charge < -0.3 is 20.4 Å². The van der Waals surface area contributed by atoms with Crippen LogP contribution in [0.5, 0.6) is 0 Å². The Hall–Kier alpha value is -3.58. The number of hydrogen-bond donors (Lipinski definition) is 2. The number of pyridine rings is 1. The molecule has 2 heterocycles.